The van der Waals surface area contributed by atoms with E-state index in [-0.39, 0.29) is 0 Å². The molecule has 3 rings (SSSR count). The molecule has 0 N–H and O–H groups in total. The Hall–Kier alpha value is -0.0800. The molecule has 0 amide bonds. The Morgan fingerprint density at radius 1 is 1.15 bits per heavy atom. The highest BCUT2D eigenvalue weighted by atomic mass is 16.5. The van der Waals surface area contributed by atoms with Crippen molar-refractivity contribution in [2.24, 2.45) is 23.7 Å². The van der Waals surface area contributed by atoms with Gasteiger partial charge in [0.15, 0.2) is 0 Å². The van der Waals surface area contributed by atoms with E-state index in [9.17, 15) is 0 Å². The summed E-state index contributed by atoms with van der Waals surface area (Å²) in [6.45, 7) is 5.88. The molecule has 0 aromatic carbocycles. The quantitative estimate of drug-likeness (QED) is 0.603. The van der Waals surface area contributed by atoms with E-state index in [1.807, 2.05) is 0 Å². The molecule has 1 aliphatic carbocycles. The highest BCUT2D eigenvalue weighted by Crippen LogP contribution is 2.51. The minimum absolute atomic E-state index is 0.572. The normalized spacial score (nSPS) is 55.4. The topological polar surface area (TPSA) is 12.5 Å². The van der Waals surface area contributed by atoms with Crippen LogP contribution in [0.1, 0.15) is 13.3 Å². The number of hydrogen-bond acceptors (Lipinski definition) is 2. The van der Waals surface area contributed by atoms with Crippen LogP contribution in [0, 0.1) is 23.7 Å². The van der Waals surface area contributed by atoms with Crippen molar-refractivity contribution in [3.05, 3.63) is 0 Å². The molecule has 2 saturated heterocycles. The standard InChI is InChI=1S/C11H19NO/c1-7-3-8(7)10-6-13-11-5-12(2)4-9(10)11/h7-11H,3-6H2,1-2H3/t7?,8?,9-,10?,11-/m0/s1. The number of likely N-dealkylation sites (N-methyl/N-ethyl adjacent to an activating group) is 1. The van der Waals surface area contributed by atoms with Gasteiger partial charge in [0, 0.05) is 19.0 Å². The average Bonchev–Trinajstić information content (AvgIpc) is 2.53. The van der Waals surface area contributed by atoms with Crippen molar-refractivity contribution >= 4 is 0 Å². The van der Waals surface area contributed by atoms with Gasteiger partial charge < -0.3 is 9.64 Å². The van der Waals surface area contributed by atoms with Crippen LogP contribution in [-0.2, 0) is 4.74 Å². The third-order valence-corrected chi connectivity index (χ3v) is 4.27. The number of nitrogens with zero attached hydrogens (tertiary/aromatic N) is 1. The van der Waals surface area contributed by atoms with Gasteiger partial charge in [-0.15, -0.1) is 0 Å². The summed E-state index contributed by atoms with van der Waals surface area (Å²) < 4.78 is 5.87. The van der Waals surface area contributed by atoms with Crippen LogP contribution in [0.2, 0.25) is 0 Å². The van der Waals surface area contributed by atoms with Crippen LogP contribution in [-0.4, -0.2) is 37.7 Å². The van der Waals surface area contributed by atoms with E-state index in [0.29, 0.717) is 6.10 Å². The summed E-state index contributed by atoms with van der Waals surface area (Å²) in [4.78, 5) is 2.43. The molecule has 2 heteroatoms. The Morgan fingerprint density at radius 2 is 1.92 bits per heavy atom. The fourth-order valence-corrected chi connectivity index (χ4v) is 3.33. The Labute approximate surface area is 80.2 Å². The Balaban J connectivity index is 1.71. The molecule has 0 bridgehead atoms. The van der Waals surface area contributed by atoms with Crippen molar-refractivity contribution in [2.75, 3.05) is 26.7 Å². The van der Waals surface area contributed by atoms with E-state index < -0.39 is 0 Å². The van der Waals surface area contributed by atoms with Crippen LogP contribution in [0.5, 0.6) is 0 Å². The second kappa shape index (κ2) is 2.71. The Kier molecular flexibility index (Phi) is 1.72. The van der Waals surface area contributed by atoms with Crippen molar-refractivity contribution in [1.29, 1.82) is 0 Å². The minimum atomic E-state index is 0.572. The van der Waals surface area contributed by atoms with E-state index in [4.69, 9.17) is 4.74 Å². The first-order chi connectivity index (χ1) is 6.25. The molecular weight excluding hydrogens is 162 g/mol. The smallest absolute Gasteiger partial charge is 0.0745 e. The molecule has 0 aromatic rings. The van der Waals surface area contributed by atoms with Crippen LogP contribution >= 0.6 is 0 Å². The highest BCUT2D eigenvalue weighted by molar-refractivity contribution is 5.00. The molecular formula is C11H19NO. The summed E-state index contributed by atoms with van der Waals surface area (Å²) in [5.41, 5.74) is 0. The molecule has 2 heterocycles. The SMILES string of the molecule is CC1CC1C1CO[C@H]2CN(C)C[C@@H]12. The fourth-order valence-electron chi connectivity index (χ4n) is 3.33. The molecule has 0 spiro atoms. The zero-order valence-corrected chi connectivity index (χ0v) is 8.57. The Bertz CT molecular complexity index is 218. The van der Waals surface area contributed by atoms with Gasteiger partial charge in [0.25, 0.3) is 0 Å². The number of ether oxygens (including phenoxy) is 1. The molecule has 74 valence electrons. The zero-order valence-electron chi connectivity index (χ0n) is 8.57. The van der Waals surface area contributed by atoms with E-state index in [0.717, 1.165) is 30.3 Å². The zero-order chi connectivity index (χ0) is 9.00. The first kappa shape index (κ1) is 8.25. The number of likely N-dealkylation sites (tertiary alicyclic amines) is 1. The molecule has 0 radical (unpaired) electrons. The van der Waals surface area contributed by atoms with Crippen molar-refractivity contribution in [2.45, 2.75) is 19.4 Å². The second-order valence-corrected chi connectivity index (χ2v) is 5.30. The predicted octanol–water partition coefficient (Wildman–Crippen LogP) is 1.22. The average molecular weight is 181 g/mol. The van der Waals surface area contributed by atoms with Gasteiger partial charge in [-0.05, 0) is 31.2 Å². The summed E-state index contributed by atoms with van der Waals surface area (Å²) >= 11 is 0. The summed E-state index contributed by atoms with van der Waals surface area (Å²) in [5.74, 6) is 3.74. The largest absolute Gasteiger partial charge is 0.376 e. The summed E-state index contributed by atoms with van der Waals surface area (Å²) in [6, 6.07) is 0. The van der Waals surface area contributed by atoms with Crippen LogP contribution in [0.4, 0.5) is 0 Å². The highest BCUT2D eigenvalue weighted by Gasteiger charge is 2.51. The first-order valence-corrected chi connectivity index (χ1v) is 5.56. The van der Waals surface area contributed by atoms with Gasteiger partial charge in [-0.1, -0.05) is 6.92 Å². The van der Waals surface area contributed by atoms with Gasteiger partial charge in [0.05, 0.1) is 12.7 Å². The summed E-state index contributed by atoms with van der Waals surface area (Å²) in [5, 5.41) is 0. The third-order valence-electron chi connectivity index (χ3n) is 4.27. The van der Waals surface area contributed by atoms with Gasteiger partial charge >= 0.3 is 0 Å². The molecule has 2 nitrogen and oxygen atoms in total. The van der Waals surface area contributed by atoms with Gasteiger partial charge in [0.1, 0.15) is 0 Å². The van der Waals surface area contributed by atoms with E-state index in [1.54, 1.807) is 0 Å². The lowest BCUT2D eigenvalue weighted by Crippen LogP contribution is -2.21. The van der Waals surface area contributed by atoms with E-state index in [1.165, 1.54) is 19.5 Å². The van der Waals surface area contributed by atoms with Crippen molar-refractivity contribution in [3.8, 4) is 0 Å². The number of rotatable bonds is 1. The maximum atomic E-state index is 5.87. The van der Waals surface area contributed by atoms with Crippen LogP contribution < -0.4 is 0 Å². The van der Waals surface area contributed by atoms with Crippen molar-refractivity contribution < 1.29 is 4.74 Å². The van der Waals surface area contributed by atoms with E-state index >= 15 is 0 Å². The lowest BCUT2D eigenvalue weighted by atomic mass is 9.88. The lowest BCUT2D eigenvalue weighted by Gasteiger charge is -2.16. The van der Waals surface area contributed by atoms with Gasteiger partial charge in [-0.3, -0.25) is 0 Å². The molecule has 3 aliphatic rings. The predicted molar refractivity (Wildman–Crippen MR) is 51.5 cm³/mol. The van der Waals surface area contributed by atoms with Crippen LogP contribution in [0.3, 0.4) is 0 Å². The second-order valence-electron chi connectivity index (χ2n) is 5.30. The van der Waals surface area contributed by atoms with Crippen LogP contribution in [0.25, 0.3) is 0 Å². The van der Waals surface area contributed by atoms with Gasteiger partial charge in [-0.25, -0.2) is 0 Å². The van der Waals surface area contributed by atoms with Crippen molar-refractivity contribution in [1.82, 2.24) is 4.90 Å². The van der Waals surface area contributed by atoms with Gasteiger partial charge in [0.2, 0.25) is 0 Å². The minimum Gasteiger partial charge on any atom is -0.376 e. The monoisotopic (exact) mass is 181 g/mol. The number of fused-ring (bicyclic) bond motifs is 1. The molecule has 3 unspecified atom stereocenters. The number of hydrogen-bond donors (Lipinski definition) is 0. The molecule has 1 saturated carbocycles. The van der Waals surface area contributed by atoms with Gasteiger partial charge in [-0.2, -0.15) is 0 Å². The van der Waals surface area contributed by atoms with E-state index in [2.05, 4.69) is 18.9 Å². The maximum absolute atomic E-state index is 5.87. The summed E-state index contributed by atoms with van der Waals surface area (Å²) in [7, 11) is 2.22. The van der Waals surface area contributed by atoms with Crippen LogP contribution in [0.15, 0.2) is 0 Å². The summed E-state index contributed by atoms with van der Waals surface area (Å²) in [6.07, 6.45) is 2.03. The molecule has 3 fully saturated rings. The fraction of sp³-hybridized carbons (Fsp3) is 1.00. The molecule has 2 aliphatic heterocycles. The molecule has 5 atom stereocenters. The first-order valence-electron chi connectivity index (χ1n) is 5.56. The molecule has 0 aromatic heterocycles. The lowest BCUT2D eigenvalue weighted by molar-refractivity contribution is 0.0972. The molecule has 13 heavy (non-hydrogen) atoms. The van der Waals surface area contributed by atoms with Crippen molar-refractivity contribution in [3.63, 3.8) is 0 Å². The maximum Gasteiger partial charge on any atom is 0.0745 e. The third kappa shape index (κ3) is 1.23. The Morgan fingerprint density at radius 3 is 2.62 bits per heavy atom.